The lowest BCUT2D eigenvalue weighted by Gasteiger charge is -2.25. The van der Waals surface area contributed by atoms with E-state index in [0.29, 0.717) is 17.5 Å². The Bertz CT molecular complexity index is 1150. The number of nitrogens with one attached hydrogen (secondary N) is 2. The Morgan fingerprint density at radius 1 is 0.800 bits per heavy atom. The fourth-order valence-electron chi connectivity index (χ4n) is 4.29. The molecule has 0 fully saturated rings. The summed E-state index contributed by atoms with van der Waals surface area (Å²) in [4.78, 5) is 25.8. The van der Waals surface area contributed by atoms with Gasteiger partial charge in [0.25, 0.3) is 0 Å². The molecular formula is C26H22N2O2. The van der Waals surface area contributed by atoms with Crippen LogP contribution in [0.3, 0.4) is 0 Å². The Morgan fingerprint density at radius 3 is 2.30 bits per heavy atom. The van der Waals surface area contributed by atoms with Gasteiger partial charge in [-0.1, -0.05) is 60.7 Å². The maximum absolute atomic E-state index is 12.9. The zero-order valence-electron chi connectivity index (χ0n) is 16.5. The molecule has 1 aliphatic carbocycles. The molecule has 5 rings (SSSR count). The van der Waals surface area contributed by atoms with Gasteiger partial charge in [0, 0.05) is 28.8 Å². The molecule has 1 atom stereocenters. The Hall–Kier alpha value is -3.66. The van der Waals surface area contributed by atoms with E-state index in [0.717, 1.165) is 41.1 Å². The summed E-state index contributed by atoms with van der Waals surface area (Å²) < 4.78 is 0. The van der Waals surface area contributed by atoms with Gasteiger partial charge in [-0.25, -0.2) is 0 Å². The van der Waals surface area contributed by atoms with Crippen LogP contribution < -0.4 is 10.6 Å². The number of fused-ring (bicyclic) bond motifs is 1. The Morgan fingerprint density at radius 2 is 1.53 bits per heavy atom. The van der Waals surface area contributed by atoms with Crippen LogP contribution in [-0.2, 0) is 4.79 Å². The molecule has 0 unspecified atom stereocenters. The minimum atomic E-state index is -0.210. The molecule has 148 valence electrons. The molecule has 0 radical (unpaired) electrons. The van der Waals surface area contributed by atoms with Gasteiger partial charge in [-0.15, -0.1) is 0 Å². The molecule has 1 aliphatic heterocycles. The summed E-state index contributed by atoms with van der Waals surface area (Å²) in [5.74, 6) is 0.163. The number of allylic oxidation sites excluding steroid dienone is 1. The highest BCUT2D eigenvalue weighted by molar-refractivity contribution is 6.10. The Labute approximate surface area is 175 Å². The Kier molecular flexibility index (Phi) is 4.68. The minimum Gasteiger partial charge on any atom is -0.372 e. The molecular weight excluding hydrogens is 372 g/mol. The molecule has 0 bridgehead atoms. The zero-order chi connectivity index (χ0) is 20.5. The molecule has 2 aliphatic rings. The van der Waals surface area contributed by atoms with Crippen LogP contribution in [0.25, 0.3) is 0 Å². The van der Waals surface area contributed by atoms with Crippen LogP contribution in [0.4, 0.5) is 11.4 Å². The fraction of sp³-hybridized carbons (Fsp3) is 0.154. The zero-order valence-corrected chi connectivity index (χ0v) is 16.5. The molecule has 3 aromatic rings. The van der Waals surface area contributed by atoms with Crippen molar-refractivity contribution in [2.24, 2.45) is 0 Å². The summed E-state index contributed by atoms with van der Waals surface area (Å²) in [6, 6.07) is 24.8. The van der Waals surface area contributed by atoms with E-state index < -0.39 is 0 Å². The number of hydrogen-bond acceptors (Lipinski definition) is 4. The van der Waals surface area contributed by atoms with Crippen LogP contribution in [0.2, 0.25) is 0 Å². The summed E-state index contributed by atoms with van der Waals surface area (Å²) in [7, 11) is 0. The first-order valence-electron chi connectivity index (χ1n) is 10.3. The van der Waals surface area contributed by atoms with Gasteiger partial charge in [0.1, 0.15) is 0 Å². The monoisotopic (exact) mass is 394 g/mol. The molecule has 4 nitrogen and oxygen atoms in total. The molecule has 0 spiro atoms. The van der Waals surface area contributed by atoms with Crippen molar-refractivity contribution in [2.45, 2.75) is 25.3 Å². The maximum atomic E-state index is 12.9. The van der Waals surface area contributed by atoms with Crippen molar-refractivity contribution in [1.82, 2.24) is 0 Å². The quantitative estimate of drug-likeness (QED) is 0.576. The van der Waals surface area contributed by atoms with E-state index in [1.165, 1.54) is 0 Å². The van der Waals surface area contributed by atoms with E-state index in [9.17, 15) is 9.59 Å². The van der Waals surface area contributed by atoms with Gasteiger partial charge in [-0.05, 0) is 36.6 Å². The maximum Gasteiger partial charge on any atom is 0.193 e. The Balaban J connectivity index is 1.58. The van der Waals surface area contributed by atoms with Crippen molar-refractivity contribution in [3.8, 4) is 0 Å². The number of benzene rings is 3. The lowest BCUT2D eigenvalue weighted by atomic mass is 9.87. The van der Waals surface area contributed by atoms with E-state index in [4.69, 9.17) is 0 Å². The minimum absolute atomic E-state index is 0.0158. The molecule has 0 aromatic heterocycles. The second-order valence-corrected chi connectivity index (χ2v) is 7.74. The second kappa shape index (κ2) is 7.64. The van der Waals surface area contributed by atoms with Gasteiger partial charge in [-0.2, -0.15) is 0 Å². The van der Waals surface area contributed by atoms with Crippen molar-refractivity contribution < 1.29 is 9.59 Å². The third-order valence-corrected chi connectivity index (χ3v) is 5.78. The standard InChI is InChI=1S/C26H22N2O2/c29-23-13-7-12-21-24(23)25(17-8-3-1-4-9-17)28-20-15-14-19(16-22(20)27-21)26(30)18-10-5-2-6-11-18/h1-6,8-11,14-16,25,27-28H,7,12-13H2/t25-/m1/s1. The topological polar surface area (TPSA) is 58.2 Å². The van der Waals surface area contributed by atoms with Crippen molar-refractivity contribution in [2.75, 3.05) is 10.6 Å². The summed E-state index contributed by atoms with van der Waals surface area (Å²) in [5, 5.41) is 7.04. The van der Waals surface area contributed by atoms with Gasteiger partial charge in [0.2, 0.25) is 0 Å². The van der Waals surface area contributed by atoms with Gasteiger partial charge in [-0.3, -0.25) is 9.59 Å². The number of Topliss-reactive ketones (excluding diaryl/α,β-unsaturated/α-hetero) is 1. The van der Waals surface area contributed by atoms with Crippen LogP contribution in [-0.4, -0.2) is 11.6 Å². The predicted molar refractivity (Wildman–Crippen MR) is 119 cm³/mol. The lowest BCUT2D eigenvalue weighted by Crippen LogP contribution is -2.23. The average molecular weight is 394 g/mol. The highest BCUT2D eigenvalue weighted by Crippen LogP contribution is 2.40. The van der Waals surface area contributed by atoms with Gasteiger partial charge in [0.15, 0.2) is 11.6 Å². The number of ketones is 2. The molecule has 4 heteroatoms. The van der Waals surface area contributed by atoms with Crippen LogP contribution in [0.15, 0.2) is 90.1 Å². The highest BCUT2D eigenvalue weighted by Gasteiger charge is 2.32. The van der Waals surface area contributed by atoms with E-state index >= 15 is 0 Å². The van der Waals surface area contributed by atoms with Crippen molar-refractivity contribution in [3.05, 3.63) is 107 Å². The predicted octanol–water partition coefficient (Wildman–Crippen LogP) is 5.50. The molecule has 0 saturated heterocycles. The summed E-state index contributed by atoms with van der Waals surface area (Å²) in [6.45, 7) is 0. The number of anilines is 2. The summed E-state index contributed by atoms with van der Waals surface area (Å²) in [5.41, 5.74) is 5.81. The third-order valence-electron chi connectivity index (χ3n) is 5.78. The van der Waals surface area contributed by atoms with E-state index in [2.05, 4.69) is 10.6 Å². The van der Waals surface area contributed by atoms with E-state index in [1.54, 1.807) is 0 Å². The van der Waals surface area contributed by atoms with E-state index in [1.807, 2.05) is 78.9 Å². The SMILES string of the molecule is O=C1CCCC2=C1[C@@H](c1ccccc1)Nc1ccc(C(=O)c3ccccc3)cc1N2. The van der Waals surface area contributed by atoms with Crippen LogP contribution in [0.5, 0.6) is 0 Å². The van der Waals surface area contributed by atoms with Crippen molar-refractivity contribution in [1.29, 1.82) is 0 Å². The summed E-state index contributed by atoms with van der Waals surface area (Å²) >= 11 is 0. The normalized spacial score (nSPS) is 17.9. The molecule has 0 amide bonds. The van der Waals surface area contributed by atoms with Crippen LogP contribution in [0, 0.1) is 0 Å². The van der Waals surface area contributed by atoms with Crippen molar-refractivity contribution in [3.63, 3.8) is 0 Å². The largest absolute Gasteiger partial charge is 0.372 e. The first kappa shape index (κ1) is 18.4. The third kappa shape index (κ3) is 3.30. The summed E-state index contributed by atoms with van der Waals surface area (Å²) in [6.07, 6.45) is 2.23. The molecule has 3 aromatic carbocycles. The molecule has 0 saturated carbocycles. The highest BCUT2D eigenvalue weighted by atomic mass is 16.1. The molecule has 2 N–H and O–H groups in total. The fourth-order valence-corrected chi connectivity index (χ4v) is 4.29. The first-order valence-corrected chi connectivity index (χ1v) is 10.3. The van der Waals surface area contributed by atoms with Crippen LogP contribution in [0.1, 0.15) is 46.8 Å². The number of carbonyl (C=O) groups is 2. The lowest BCUT2D eigenvalue weighted by molar-refractivity contribution is -0.116. The molecule has 30 heavy (non-hydrogen) atoms. The van der Waals surface area contributed by atoms with Gasteiger partial charge >= 0.3 is 0 Å². The number of rotatable bonds is 3. The first-order chi connectivity index (χ1) is 14.7. The number of hydrogen-bond donors (Lipinski definition) is 2. The van der Waals surface area contributed by atoms with E-state index in [-0.39, 0.29) is 17.6 Å². The average Bonchev–Trinajstić information content (AvgIpc) is 2.96. The van der Waals surface area contributed by atoms with Gasteiger partial charge < -0.3 is 10.6 Å². The second-order valence-electron chi connectivity index (χ2n) is 7.74. The number of carbonyl (C=O) groups excluding carboxylic acids is 2. The van der Waals surface area contributed by atoms with Gasteiger partial charge in [0.05, 0.1) is 17.4 Å². The van der Waals surface area contributed by atoms with Crippen molar-refractivity contribution >= 4 is 22.9 Å². The smallest absolute Gasteiger partial charge is 0.193 e. The van der Waals surface area contributed by atoms with Crippen LogP contribution >= 0.6 is 0 Å². The molecule has 1 heterocycles.